The summed E-state index contributed by atoms with van der Waals surface area (Å²) < 4.78 is 0. The Morgan fingerprint density at radius 1 is 1.20 bits per heavy atom. The van der Waals surface area contributed by atoms with E-state index in [1.54, 1.807) is 0 Å². The van der Waals surface area contributed by atoms with Gasteiger partial charge in [0.15, 0.2) is 0 Å². The lowest BCUT2D eigenvalue weighted by molar-refractivity contribution is 0.510. The van der Waals surface area contributed by atoms with Crippen LogP contribution in [-0.2, 0) is 0 Å². The van der Waals surface area contributed by atoms with Crippen molar-refractivity contribution >= 4 is 5.69 Å². The molecule has 1 aliphatic rings. The van der Waals surface area contributed by atoms with E-state index in [1.807, 2.05) is 0 Å². The molecule has 0 fully saturated rings. The molecule has 2 heteroatoms. The van der Waals surface area contributed by atoms with Crippen LogP contribution in [0.5, 0.6) is 0 Å². The Labute approximate surface area is 91.6 Å². The third-order valence-electron chi connectivity index (χ3n) is 2.88. The van der Waals surface area contributed by atoms with Crippen LogP contribution in [0.3, 0.4) is 0 Å². The van der Waals surface area contributed by atoms with Gasteiger partial charge in [-0.1, -0.05) is 30.4 Å². The van der Waals surface area contributed by atoms with E-state index in [-0.39, 0.29) is 0 Å². The number of nitrogens with zero attached hydrogens (tertiary/aromatic N) is 1. The second-order valence-electron chi connectivity index (χ2n) is 3.92. The fourth-order valence-electron chi connectivity index (χ4n) is 1.94. The van der Waals surface area contributed by atoms with Crippen LogP contribution in [-0.4, -0.2) is 19.8 Å². The number of para-hydroxylation sites is 1. The number of benzene rings is 1. The SMILES string of the molecule is CN(c1ccccc1)C1CCC=CCN1. The molecule has 1 N–H and O–H groups in total. The molecular weight excluding hydrogens is 184 g/mol. The van der Waals surface area contributed by atoms with Gasteiger partial charge in [0.2, 0.25) is 0 Å². The smallest absolute Gasteiger partial charge is 0.0797 e. The highest BCUT2D eigenvalue weighted by Gasteiger charge is 2.14. The standard InChI is InChI=1S/C13H18N2/c1-15(12-8-4-2-5-9-12)13-10-6-3-7-11-14-13/h2-5,7-9,13-14H,6,10-11H2,1H3. The molecule has 0 saturated carbocycles. The van der Waals surface area contributed by atoms with Crippen LogP contribution < -0.4 is 10.2 Å². The molecule has 0 saturated heterocycles. The predicted molar refractivity (Wildman–Crippen MR) is 65.0 cm³/mol. The van der Waals surface area contributed by atoms with E-state index in [4.69, 9.17) is 0 Å². The summed E-state index contributed by atoms with van der Waals surface area (Å²) >= 11 is 0. The maximum absolute atomic E-state index is 3.52. The normalized spacial score (nSPS) is 21.0. The lowest BCUT2D eigenvalue weighted by Crippen LogP contribution is -2.43. The minimum absolute atomic E-state index is 0.447. The molecule has 0 aromatic heterocycles. The van der Waals surface area contributed by atoms with Crippen molar-refractivity contribution in [3.05, 3.63) is 42.5 Å². The first-order chi connectivity index (χ1) is 7.38. The van der Waals surface area contributed by atoms with Crippen LogP contribution in [0.2, 0.25) is 0 Å². The predicted octanol–water partition coefficient (Wildman–Crippen LogP) is 2.39. The van der Waals surface area contributed by atoms with Crippen molar-refractivity contribution in [3.8, 4) is 0 Å². The van der Waals surface area contributed by atoms with E-state index in [0.29, 0.717) is 6.17 Å². The van der Waals surface area contributed by atoms with E-state index in [9.17, 15) is 0 Å². The molecule has 0 amide bonds. The molecule has 1 unspecified atom stereocenters. The van der Waals surface area contributed by atoms with Crippen molar-refractivity contribution in [1.29, 1.82) is 0 Å². The van der Waals surface area contributed by atoms with Crippen molar-refractivity contribution in [1.82, 2.24) is 5.32 Å². The van der Waals surface area contributed by atoms with Gasteiger partial charge in [-0.15, -0.1) is 0 Å². The summed E-state index contributed by atoms with van der Waals surface area (Å²) in [5.41, 5.74) is 1.27. The Hall–Kier alpha value is -1.28. The Morgan fingerprint density at radius 3 is 2.80 bits per heavy atom. The van der Waals surface area contributed by atoms with Crippen molar-refractivity contribution in [3.63, 3.8) is 0 Å². The first-order valence-corrected chi connectivity index (χ1v) is 5.54. The Balaban J connectivity index is 2.04. The molecule has 80 valence electrons. The topological polar surface area (TPSA) is 15.3 Å². The van der Waals surface area contributed by atoms with Crippen LogP contribution in [0.25, 0.3) is 0 Å². The van der Waals surface area contributed by atoms with E-state index >= 15 is 0 Å². The minimum Gasteiger partial charge on any atom is -0.359 e. The molecule has 1 aromatic rings. The zero-order valence-corrected chi connectivity index (χ0v) is 9.19. The average Bonchev–Trinajstić information content (AvgIpc) is 2.58. The van der Waals surface area contributed by atoms with Crippen molar-refractivity contribution in [2.24, 2.45) is 0 Å². The Bertz CT molecular complexity index is 309. The molecule has 0 aliphatic carbocycles. The third kappa shape index (κ3) is 2.60. The van der Waals surface area contributed by atoms with Crippen LogP contribution in [0.1, 0.15) is 12.8 Å². The van der Waals surface area contributed by atoms with Crippen LogP contribution >= 0.6 is 0 Å². The number of allylic oxidation sites excluding steroid dienone is 1. The summed E-state index contributed by atoms with van der Waals surface area (Å²) in [6.45, 7) is 0.974. The monoisotopic (exact) mass is 202 g/mol. The minimum atomic E-state index is 0.447. The van der Waals surface area contributed by atoms with Crippen molar-refractivity contribution in [2.45, 2.75) is 19.0 Å². The summed E-state index contributed by atoms with van der Waals surface area (Å²) in [4.78, 5) is 2.31. The van der Waals surface area contributed by atoms with Crippen molar-refractivity contribution < 1.29 is 0 Å². The molecule has 2 rings (SSSR count). The molecule has 1 atom stereocenters. The molecule has 15 heavy (non-hydrogen) atoms. The summed E-state index contributed by atoms with van der Waals surface area (Å²) in [5, 5.41) is 3.52. The van der Waals surface area contributed by atoms with Crippen LogP contribution in [0.4, 0.5) is 5.69 Å². The number of hydrogen-bond acceptors (Lipinski definition) is 2. The van der Waals surface area contributed by atoms with Gasteiger partial charge < -0.3 is 4.90 Å². The number of hydrogen-bond donors (Lipinski definition) is 1. The molecule has 1 aliphatic heterocycles. The lowest BCUT2D eigenvalue weighted by atomic mass is 10.2. The molecular formula is C13H18N2. The Morgan fingerprint density at radius 2 is 2.00 bits per heavy atom. The number of nitrogens with one attached hydrogen (secondary N) is 1. The Kier molecular flexibility index (Phi) is 3.41. The molecule has 1 aromatic carbocycles. The van der Waals surface area contributed by atoms with E-state index in [2.05, 4.69) is 59.7 Å². The molecule has 0 radical (unpaired) electrons. The summed E-state index contributed by atoms with van der Waals surface area (Å²) in [6, 6.07) is 10.5. The van der Waals surface area contributed by atoms with Gasteiger partial charge in [-0.2, -0.15) is 0 Å². The maximum atomic E-state index is 3.52. The van der Waals surface area contributed by atoms with Gasteiger partial charge in [0.25, 0.3) is 0 Å². The molecule has 2 nitrogen and oxygen atoms in total. The van der Waals surface area contributed by atoms with Crippen LogP contribution in [0, 0.1) is 0 Å². The fourth-order valence-corrected chi connectivity index (χ4v) is 1.94. The first kappa shape index (κ1) is 10.2. The summed E-state index contributed by atoms with van der Waals surface area (Å²) in [6.07, 6.45) is 7.24. The van der Waals surface area contributed by atoms with Gasteiger partial charge in [-0.05, 0) is 25.0 Å². The van der Waals surface area contributed by atoms with Crippen molar-refractivity contribution in [2.75, 3.05) is 18.5 Å². The quantitative estimate of drug-likeness (QED) is 0.741. The molecule has 0 bridgehead atoms. The highest BCUT2D eigenvalue weighted by atomic mass is 15.2. The summed E-state index contributed by atoms with van der Waals surface area (Å²) in [5.74, 6) is 0. The molecule has 1 heterocycles. The van der Waals surface area contributed by atoms with E-state index < -0.39 is 0 Å². The maximum Gasteiger partial charge on any atom is 0.0797 e. The first-order valence-electron chi connectivity index (χ1n) is 5.54. The van der Waals surface area contributed by atoms with Gasteiger partial charge in [0.1, 0.15) is 0 Å². The largest absolute Gasteiger partial charge is 0.359 e. The van der Waals surface area contributed by atoms with Gasteiger partial charge in [0.05, 0.1) is 6.17 Å². The number of anilines is 1. The van der Waals surface area contributed by atoms with E-state index in [0.717, 1.165) is 13.0 Å². The average molecular weight is 202 g/mol. The molecule has 0 spiro atoms. The third-order valence-corrected chi connectivity index (χ3v) is 2.88. The van der Waals surface area contributed by atoms with Crippen LogP contribution in [0.15, 0.2) is 42.5 Å². The second-order valence-corrected chi connectivity index (χ2v) is 3.92. The van der Waals surface area contributed by atoms with Gasteiger partial charge in [0, 0.05) is 19.3 Å². The highest BCUT2D eigenvalue weighted by molar-refractivity contribution is 5.46. The number of rotatable bonds is 2. The van der Waals surface area contributed by atoms with Gasteiger partial charge in [-0.3, -0.25) is 5.32 Å². The highest BCUT2D eigenvalue weighted by Crippen LogP contribution is 2.16. The summed E-state index contributed by atoms with van der Waals surface area (Å²) in [7, 11) is 2.15. The lowest BCUT2D eigenvalue weighted by Gasteiger charge is -2.29. The van der Waals surface area contributed by atoms with Gasteiger partial charge in [-0.25, -0.2) is 0 Å². The second kappa shape index (κ2) is 4.99. The zero-order chi connectivity index (χ0) is 10.5. The van der Waals surface area contributed by atoms with E-state index in [1.165, 1.54) is 12.1 Å². The zero-order valence-electron chi connectivity index (χ0n) is 9.19. The van der Waals surface area contributed by atoms with Gasteiger partial charge >= 0.3 is 0 Å². The fraction of sp³-hybridized carbons (Fsp3) is 0.385.